The van der Waals surface area contributed by atoms with Crippen LogP contribution in [0.15, 0.2) is 59.3 Å². The van der Waals surface area contributed by atoms with Crippen LogP contribution in [-0.4, -0.2) is 17.5 Å². The van der Waals surface area contributed by atoms with Gasteiger partial charge in [-0.3, -0.25) is 4.79 Å². The van der Waals surface area contributed by atoms with Gasteiger partial charge in [-0.2, -0.15) is 0 Å². The highest BCUT2D eigenvalue weighted by Crippen LogP contribution is 2.27. The van der Waals surface area contributed by atoms with Crippen LogP contribution in [0.1, 0.15) is 17.4 Å². The molecule has 1 heterocycles. The van der Waals surface area contributed by atoms with Crippen molar-refractivity contribution in [2.45, 2.75) is 6.92 Å². The lowest BCUT2D eigenvalue weighted by Gasteiger charge is -2.10. The third-order valence-corrected chi connectivity index (χ3v) is 3.30. The highest BCUT2D eigenvalue weighted by molar-refractivity contribution is 6.07. The second kappa shape index (κ2) is 6.95. The summed E-state index contributed by atoms with van der Waals surface area (Å²) in [6, 6.07) is 12.9. The molecule has 3 aromatic rings. The number of rotatable bonds is 5. The maximum atomic E-state index is 13.4. The Labute approximate surface area is 138 Å². The molecule has 0 aliphatic rings. The molecule has 3 rings (SSSR count). The number of anilines is 1. The fourth-order valence-electron chi connectivity index (χ4n) is 2.28. The van der Waals surface area contributed by atoms with Crippen LogP contribution < -0.4 is 10.1 Å². The summed E-state index contributed by atoms with van der Waals surface area (Å²) in [4.78, 5) is 16.5. The first kappa shape index (κ1) is 15.7. The summed E-state index contributed by atoms with van der Waals surface area (Å²) in [5.41, 5.74) is 1.04. The Bertz CT molecular complexity index is 861. The average Bonchev–Trinajstić information content (AvgIpc) is 3.07. The molecule has 0 aliphatic carbocycles. The van der Waals surface area contributed by atoms with E-state index in [4.69, 9.17) is 9.15 Å². The Hall–Kier alpha value is -3.15. The maximum absolute atomic E-state index is 13.4. The number of carbonyl (C=O) groups excluding carboxylic acids is 1. The third kappa shape index (κ3) is 3.27. The van der Waals surface area contributed by atoms with Crippen molar-refractivity contribution in [3.05, 3.63) is 66.4 Å². The van der Waals surface area contributed by atoms with Crippen molar-refractivity contribution in [3.8, 4) is 17.1 Å². The molecule has 1 amide bonds. The fourth-order valence-corrected chi connectivity index (χ4v) is 2.28. The zero-order chi connectivity index (χ0) is 16.9. The van der Waals surface area contributed by atoms with Gasteiger partial charge in [-0.15, -0.1) is 0 Å². The number of amides is 1. The minimum Gasteiger partial charge on any atom is -0.492 e. The Morgan fingerprint density at radius 2 is 2.08 bits per heavy atom. The van der Waals surface area contributed by atoms with Gasteiger partial charge in [0.25, 0.3) is 5.91 Å². The maximum Gasteiger partial charge on any atom is 0.278 e. The second-order valence-corrected chi connectivity index (χ2v) is 4.92. The summed E-state index contributed by atoms with van der Waals surface area (Å²) in [7, 11) is 0. The van der Waals surface area contributed by atoms with Crippen LogP contribution in [0.4, 0.5) is 10.1 Å². The Balaban J connectivity index is 1.89. The summed E-state index contributed by atoms with van der Waals surface area (Å²) in [6.07, 6.45) is 1.16. The topological polar surface area (TPSA) is 64.4 Å². The minimum atomic E-state index is -0.463. The van der Waals surface area contributed by atoms with E-state index >= 15 is 0 Å². The zero-order valence-electron chi connectivity index (χ0n) is 13.0. The van der Waals surface area contributed by atoms with Crippen LogP contribution in [0.3, 0.4) is 0 Å². The Morgan fingerprint density at radius 1 is 1.25 bits per heavy atom. The predicted octanol–water partition coefficient (Wildman–Crippen LogP) is 4.13. The van der Waals surface area contributed by atoms with E-state index in [9.17, 15) is 9.18 Å². The van der Waals surface area contributed by atoms with Gasteiger partial charge in [-0.05, 0) is 31.2 Å². The number of aromatic nitrogens is 1. The molecule has 122 valence electrons. The van der Waals surface area contributed by atoms with Crippen LogP contribution in [0.25, 0.3) is 11.3 Å². The smallest absolute Gasteiger partial charge is 0.278 e. The third-order valence-electron chi connectivity index (χ3n) is 3.30. The van der Waals surface area contributed by atoms with Gasteiger partial charge >= 0.3 is 0 Å². The van der Waals surface area contributed by atoms with Crippen LogP contribution in [0, 0.1) is 5.82 Å². The minimum absolute atomic E-state index is 0.0758. The van der Waals surface area contributed by atoms with Crippen molar-refractivity contribution in [3.63, 3.8) is 0 Å². The lowest BCUT2D eigenvalue weighted by atomic mass is 10.1. The summed E-state index contributed by atoms with van der Waals surface area (Å²) >= 11 is 0. The van der Waals surface area contributed by atoms with Crippen LogP contribution in [0.2, 0.25) is 0 Å². The molecular weight excluding hydrogens is 311 g/mol. The Kier molecular flexibility index (Phi) is 4.56. The molecule has 0 aliphatic heterocycles. The van der Waals surface area contributed by atoms with Gasteiger partial charge in [0.1, 0.15) is 11.6 Å². The fraction of sp³-hybridized carbons (Fsp3) is 0.111. The number of ether oxygens (including phenoxy) is 1. The number of carbonyl (C=O) groups is 1. The molecule has 6 heteroatoms. The number of benzene rings is 2. The van der Waals surface area contributed by atoms with E-state index in [1.165, 1.54) is 12.1 Å². The number of hydrogen-bond acceptors (Lipinski definition) is 4. The first-order valence-electron chi connectivity index (χ1n) is 7.41. The van der Waals surface area contributed by atoms with Crippen molar-refractivity contribution < 1.29 is 18.3 Å². The molecule has 0 atom stereocenters. The van der Waals surface area contributed by atoms with Crippen molar-refractivity contribution in [2.24, 2.45) is 0 Å². The normalized spacial score (nSPS) is 10.4. The van der Waals surface area contributed by atoms with Gasteiger partial charge in [-0.1, -0.05) is 24.3 Å². The van der Waals surface area contributed by atoms with E-state index in [-0.39, 0.29) is 11.5 Å². The Morgan fingerprint density at radius 3 is 2.88 bits per heavy atom. The largest absolute Gasteiger partial charge is 0.492 e. The van der Waals surface area contributed by atoms with Crippen LogP contribution in [-0.2, 0) is 0 Å². The van der Waals surface area contributed by atoms with Gasteiger partial charge < -0.3 is 14.5 Å². The van der Waals surface area contributed by atoms with E-state index in [2.05, 4.69) is 10.3 Å². The van der Waals surface area contributed by atoms with Gasteiger partial charge in [0.05, 0.1) is 12.3 Å². The number of oxazole rings is 1. The first-order valence-corrected chi connectivity index (χ1v) is 7.41. The summed E-state index contributed by atoms with van der Waals surface area (Å²) in [5.74, 6) is -0.114. The number of halogens is 1. The summed E-state index contributed by atoms with van der Waals surface area (Å²) in [6.45, 7) is 2.34. The van der Waals surface area contributed by atoms with E-state index in [1.54, 1.807) is 30.3 Å². The molecule has 0 radical (unpaired) electrons. The summed E-state index contributed by atoms with van der Waals surface area (Å²) in [5, 5.41) is 2.74. The molecule has 0 saturated heterocycles. The number of nitrogens with one attached hydrogen (secondary N) is 1. The van der Waals surface area contributed by atoms with Gasteiger partial charge in [0.15, 0.2) is 17.8 Å². The van der Waals surface area contributed by atoms with Gasteiger partial charge in [0, 0.05) is 5.56 Å². The molecule has 0 bridgehead atoms. The monoisotopic (exact) mass is 326 g/mol. The van der Waals surface area contributed by atoms with Crippen molar-refractivity contribution >= 4 is 11.6 Å². The molecule has 24 heavy (non-hydrogen) atoms. The quantitative estimate of drug-likeness (QED) is 0.765. The molecule has 0 spiro atoms. The van der Waals surface area contributed by atoms with Crippen molar-refractivity contribution in [1.29, 1.82) is 0 Å². The summed E-state index contributed by atoms with van der Waals surface area (Å²) < 4.78 is 24.1. The molecule has 1 aromatic heterocycles. The first-order chi connectivity index (χ1) is 11.7. The van der Waals surface area contributed by atoms with Gasteiger partial charge in [0.2, 0.25) is 0 Å². The zero-order valence-corrected chi connectivity index (χ0v) is 13.0. The molecule has 0 unspecified atom stereocenters. The molecule has 1 N–H and O–H groups in total. The van der Waals surface area contributed by atoms with Crippen molar-refractivity contribution in [1.82, 2.24) is 4.98 Å². The van der Waals surface area contributed by atoms with Gasteiger partial charge in [-0.25, -0.2) is 9.37 Å². The molecule has 0 fully saturated rings. The lowest BCUT2D eigenvalue weighted by molar-refractivity contribution is 0.102. The standard InChI is InChI=1S/C18H15FN2O3/c1-2-23-15-9-4-3-8-14(15)21-18(22)16-17(24-11-20-16)12-6-5-7-13(19)10-12/h3-11H,2H2,1H3,(H,21,22). The van der Waals surface area contributed by atoms with Crippen LogP contribution in [0.5, 0.6) is 5.75 Å². The van der Waals surface area contributed by atoms with E-state index < -0.39 is 11.7 Å². The highest BCUT2D eigenvalue weighted by atomic mass is 19.1. The lowest BCUT2D eigenvalue weighted by Crippen LogP contribution is -2.14. The molecular formula is C18H15FN2O3. The number of nitrogens with zero attached hydrogens (tertiary/aromatic N) is 1. The van der Waals surface area contributed by atoms with Crippen molar-refractivity contribution in [2.75, 3.05) is 11.9 Å². The van der Waals surface area contributed by atoms with E-state index in [0.717, 1.165) is 6.39 Å². The van der Waals surface area contributed by atoms with E-state index in [0.29, 0.717) is 23.6 Å². The van der Waals surface area contributed by atoms with E-state index in [1.807, 2.05) is 13.0 Å². The SMILES string of the molecule is CCOc1ccccc1NC(=O)c1ncoc1-c1cccc(F)c1. The molecule has 0 saturated carbocycles. The molecule has 5 nitrogen and oxygen atoms in total. The average molecular weight is 326 g/mol. The number of para-hydroxylation sites is 2. The van der Waals surface area contributed by atoms with Crippen LogP contribution >= 0.6 is 0 Å². The highest BCUT2D eigenvalue weighted by Gasteiger charge is 2.19. The molecule has 2 aromatic carbocycles. The number of hydrogen-bond donors (Lipinski definition) is 1. The predicted molar refractivity (Wildman–Crippen MR) is 87.5 cm³/mol. The second-order valence-electron chi connectivity index (χ2n) is 4.92.